The molecule has 0 radical (unpaired) electrons. The highest BCUT2D eigenvalue weighted by molar-refractivity contribution is 6.08. The van der Waals surface area contributed by atoms with E-state index in [1.165, 1.54) is 11.1 Å². The highest BCUT2D eigenvalue weighted by Crippen LogP contribution is 2.31. The number of pyridine rings is 1. The lowest BCUT2D eigenvalue weighted by molar-refractivity contribution is 0.0736. The molecule has 114 valence electrons. The Morgan fingerprint density at radius 2 is 2.05 bits per heavy atom. The molecule has 2 aliphatic rings. The van der Waals surface area contributed by atoms with E-state index in [2.05, 4.69) is 30.4 Å². The number of fused-ring (bicyclic) bond motifs is 2. The molecule has 2 aromatic rings. The number of carbonyl (C=O) groups excluding carboxylic acids is 1. The first-order valence-electron chi connectivity index (χ1n) is 8.16. The van der Waals surface area contributed by atoms with Crippen LogP contribution in [0, 0.1) is 6.92 Å². The number of rotatable bonds is 1. The molecule has 2 heterocycles. The lowest BCUT2D eigenvalue weighted by Crippen LogP contribution is -2.46. The number of aromatic nitrogens is 1. The first-order chi connectivity index (χ1) is 10.7. The molecule has 1 aromatic carbocycles. The second kappa shape index (κ2) is 5.36. The third-order valence-electron chi connectivity index (χ3n) is 4.79. The first kappa shape index (κ1) is 13.7. The van der Waals surface area contributed by atoms with E-state index in [0.717, 1.165) is 67.6 Å². The number of nitrogens with zero attached hydrogens (tertiary/aromatic N) is 2. The minimum Gasteiger partial charge on any atom is -0.336 e. The summed E-state index contributed by atoms with van der Waals surface area (Å²) in [5.74, 6) is 0.192. The van der Waals surface area contributed by atoms with Gasteiger partial charge in [0.15, 0.2) is 0 Å². The molecule has 1 aromatic heterocycles. The molecule has 4 nitrogen and oxygen atoms in total. The molecule has 1 aliphatic carbocycles. The number of aryl methyl sites for hydroxylation is 2. The van der Waals surface area contributed by atoms with Gasteiger partial charge in [-0.1, -0.05) is 11.6 Å². The average Bonchev–Trinajstić information content (AvgIpc) is 3.01. The van der Waals surface area contributed by atoms with Gasteiger partial charge >= 0.3 is 0 Å². The molecule has 0 bridgehead atoms. The highest BCUT2D eigenvalue weighted by Gasteiger charge is 2.27. The van der Waals surface area contributed by atoms with Crippen LogP contribution in [0.25, 0.3) is 10.9 Å². The number of piperazine rings is 1. The summed E-state index contributed by atoms with van der Waals surface area (Å²) in [4.78, 5) is 19.9. The molecule has 0 atom stereocenters. The van der Waals surface area contributed by atoms with Gasteiger partial charge in [0.2, 0.25) is 0 Å². The summed E-state index contributed by atoms with van der Waals surface area (Å²) in [5, 5.41) is 4.35. The van der Waals surface area contributed by atoms with Crippen molar-refractivity contribution in [2.24, 2.45) is 0 Å². The van der Waals surface area contributed by atoms with Gasteiger partial charge in [0.05, 0.1) is 11.1 Å². The maximum Gasteiger partial charge on any atom is 0.254 e. The maximum atomic E-state index is 13.2. The lowest BCUT2D eigenvalue weighted by Gasteiger charge is -2.28. The van der Waals surface area contributed by atoms with Crippen molar-refractivity contribution in [3.63, 3.8) is 0 Å². The number of nitrogens with one attached hydrogen (secondary N) is 1. The third kappa shape index (κ3) is 2.18. The van der Waals surface area contributed by atoms with Gasteiger partial charge in [-0.25, -0.2) is 0 Å². The number of hydrogen-bond acceptors (Lipinski definition) is 3. The maximum absolute atomic E-state index is 13.2. The summed E-state index contributed by atoms with van der Waals surface area (Å²) >= 11 is 0. The second-order valence-electron chi connectivity index (χ2n) is 6.33. The fourth-order valence-electron chi connectivity index (χ4n) is 3.65. The van der Waals surface area contributed by atoms with Crippen molar-refractivity contribution < 1.29 is 4.79 Å². The van der Waals surface area contributed by atoms with Crippen molar-refractivity contribution in [3.8, 4) is 0 Å². The first-order valence-corrected chi connectivity index (χ1v) is 8.16. The Balaban J connectivity index is 1.90. The molecule has 1 fully saturated rings. The van der Waals surface area contributed by atoms with Crippen LogP contribution in [0.4, 0.5) is 0 Å². The molecule has 1 saturated heterocycles. The predicted molar refractivity (Wildman–Crippen MR) is 87.3 cm³/mol. The van der Waals surface area contributed by atoms with E-state index in [9.17, 15) is 4.79 Å². The van der Waals surface area contributed by atoms with Crippen molar-refractivity contribution in [2.75, 3.05) is 26.2 Å². The van der Waals surface area contributed by atoms with Crippen LogP contribution in [0.2, 0.25) is 0 Å². The van der Waals surface area contributed by atoms with Crippen LogP contribution in [-0.4, -0.2) is 42.0 Å². The number of carbonyl (C=O) groups is 1. The standard InChI is InChI=1S/C18H21N3O/c1-12-5-6-16-14(11-12)17(13-3-2-4-15(13)20-16)18(22)21-9-7-19-8-10-21/h5-6,11,19H,2-4,7-10H2,1H3. The van der Waals surface area contributed by atoms with Crippen molar-refractivity contribution in [2.45, 2.75) is 26.2 Å². The van der Waals surface area contributed by atoms with Crippen LogP contribution in [0.15, 0.2) is 18.2 Å². The van der Waals surface area contributed by atoms with E-state index in [1.54, 1.807) is 0 Å². The summed E-state index contributed by atoms with van der Waals surface area (Å²) in [6.07, 6.45) is 3.10. The SMILES string of the molecule is Cc1ccc2nc3c(c(C(=O)N4CCNCC4)c2c1)CCC3. The molecule has 1 aliphatic heterocycles. The van der Waals surface area contributed by atoms with E-state index >= 15 is 0 Å². The minimum atomic E-state index is 0.192. The van der Waals surface area contributed by atoms with Crippen LogP contribution >= 0.6 is 0 Å². The van der Waals surface area contributed by atoms with E-state index in [0.29, 0.717) is 0 Å². The fourth-order valence-corrected chi connectivity index (χ4v) is 3.65. The normalized spacial score (nSPS) is 17.8. The number of amides is 1. The molecule has 0 unspecified atom stereocenters. The van der Waals surface area contributed by atoms with Gasteiger partial charge in [-0.3, -0.25) is 9.78 Å². The van der Waals surface area contributed by atoms with Crippen LogP contribution in [0.3, 0.4) is 0 Å². The Bertz CT molecular complexity index is 748. The second-order valence-corrected chi connectivity index (χ2v) is 6.33. The topological polar surface area (TPSA) is 45.2 Å². The van der Waals surface area contributed by atoms with Crippen LogP contribution in [0.5, 0.6) is 0 Å². The zero-order chi connectivity index (χ0) is 15.1. The quantitative estimate of drug-likeness (QED) is 0.876. The summed E-state index contributed by atoms with van der Waals surface area (Å²) < 4.78 is 0. The zero-order valence-electron chi connectivity index (χ0n) is 13.0. The van der Waals surface area contributed by atoms with Gasteiger partial charge in [-0.15, -0.1) is 0 Å². The predicted octanol–water partition coefficient (Wildman–Crippen LogP) is 2.08. The van der Waals surface area contributed by atoms with Gasteiger partial charge < -0.3 is 10.2 Å². The summed E-state index contributed by atoms with van der Waals surface area (Å²) in [6, 6.07) is 6.25. The van der Waals surface area contributed by atoms with Crippen molar-refractivity contribution in [1.82, 2.24) is 15.2 Å². The number of hydrogen-bond donors (Lipinski definition) is 1. The lowest BCUT2D eigenvalue weighted by atomic mass is 9.98. The minimum absolute atomic E-state index is 0.192. The summed E-state index contributed by atoms with van der Waals surface area (Å²) in [5.41, 5.74) is 5.39. The summed E-state index contributed by atoms with van der Waals surface area (Å²) in [7, 11) is 0. The van der Waals surface area contributed by atoms with Gasteiger partial charge in [-0.05, 0) is 43.9 Å². The molecule has 0 saturated carbocycles. The van der Waals surface area contributed by atoms with Gasteiger partial charge in [0.1, 0.15) is 0 Å². The van der Waals surface area contributed by atoms with Crippen LogP contribution in [0.1, 0.15) is 33.6 Å². The monoisotopic (exact) mass is 295 g/mol. The van der Waals surface area contributed by atoms with Crippen molar-refractivity contribution in [1.29, 1.82) is 0 Å². The van der Waals surface area contributed by atoms with E-state index in [-0.39, 0.29) is 5.91 Å². The smallest absolute Gasteiger partial charge is 0.254 e. The van der Waals surface area contributed by atoms with Gasteiger partial charge in [0, 0.05) is 37.3 Å². The van der Waals surface area contributed by atoms with Crippen molar-refractivity contribution in [3.05, 3.63) is 40.6 Å². The number of benzene rings is 1. The molecule has 4 heteroatoms. The Labute approximate surface area is 130 Å². The van der Waals surface area contributed by atoms with Gasteiger partial charge in [0.25, 0.3) is 5.91 Å². The highest BCUT2D eigenvalue weighted by atomic mass is 16.2. The largest absolute Gasteiger partial charge is 0.336 e. The van der Waals surface area contributed by atoms with Crippen LogP contribution in [-0.2, 0) is 12.8 Å². The molecular weight excluding hydrogens is 274 g/mol. The fraction of sp³-hybridized carbons (Fsp3) is 0.444. The molecule has 1 N–H and O–H groups in total. The Morgan fingerprint density at radius 1 is 1.23 bits per heavy atom. The molecule has 4 rings (SSSR count). The Morgan fingerprint density at radius 3 is 2.86 bits per heavy atom. The van der Waals surface area contributed by atoms with E-state index in [4.69, 9.17) is 4.98 Å². The molecule has 0 spiro atoms. The van der Waals surface area contributed by atoms with Crippen LogP contribution < -0.4 is 5.32 Å². The van der Waals surface area contributed by atoms with Crippen molar-refractivity contribution >= 4 is 16.8 Å². The Kier molecular flexibility index (Phi) is 3.34. The summed E-state index contributed by atoms with van der Waals surface area (Å²) in [6.45, 7) is 5.43. The molecular formula is C18H21N3O. The third-order valence-corrected chi connectivity index (χ3v) is 4.79. The molecule has 1 amide bonds. The average molecular weight is 295 g/mol. The zero-order valence-corrected chi connectivity index (χ0v) is 13.0. The Hall–Kier alpha value is -1.94. The molecule has 22 heavy (non-hydrogen) atoms. The van der Waals surface area contributed by atoms with E-state index in [1.807, 2.05) is 4.90 Å². The van der Waals surface area contributed by atoms with Gasteiger partial charge in [-0.2, -0.15) is 0 Å². The van der Waals surface area contributed by atoms with E-state index < -0.39 is 0 Å².